The first kappa shape index (κ1) is 14.0. The first-order valence-electron chi connectivity index (χ1n) is 6.66. The molecule has 0 bridgehead atoms. The molecular weight excluding hydrogens is 256 g/mol. The van der Waals surface area contributed by atoms with Gasteiger partial charge in [-0.25, -0.2) is 9.78 Å². The van der Waals surface area contributed by atoms with Crippen molar-refractivity contribution in [3.8, 4) is 0 Å². The molecule has 6 nitrogen and oxygen atoms in total. The first-order chi connectivity index (χ1) is 9.62. The largest absolute Gasteiger partial charge is 0.478 e. The Hall–Kier alpha value is -2.37. The number of aromatic nitrogens is 3. The summed E-state index contributed by atoms with van der Waals surface area (Å²) in [5.74, 6) is -0.416. The van der Waals surface area contributed by atoms with Crippen LogP contribution in [-0.4, -0.2) is 25.8 Å². The minimum absolute atomic E-state index is 0.244. The lowest BCUT2D eigenvalue weighted by atomic mass is 10.1. The number of nitrogens with zero attached hydrogens (tertiary/aromatic N) is 3. The standard InChI is InChI=1S/C14H18N4O2/c1-3-5-11-6-10(14(19)20)7-13(16-11)17-12-8-15-18(4-2)9-12/h6-9H,3-5H2,1-2H3,(H,16,17)(H,19,20). The van der Waals surface area contributed by atoms with Crippen LogP contribution in [0, 0.1) is 0 Å². The van der Waals surface area contributed by atoms with E-state index in [-0.39, 0.29) is 5.56 Å². The lowest BCUT2D eigenvalue weighted by Gasteiger charge is -2.07. The van der Waals surface area contributed by atoms with Crippen LogP contribution in [0.2, 0.25) is 0 Å². The molecule has 0 aromatic carbocycles. The second-order valence-electron chi connectivity index (χ2n) is 4.50. The summed E-state index contributed by atoms with van der Waals surface area (Å²) in [5.41, 5.74) is 1.82. The number of aromatic carboxylic acids is 1. The summed E-state index contributed by atoms with van der Waals surface area (Å²) >= 11 is 0. The van der Waals surface area contributed by atoms with Gasteiger partial charge in [-0.1, -0.05) is 13.3 Å². The zero-order chi connectivity index (χ0) is 14.5. The molecule has 0 spiro atoms. The number of rotatable bonds is 6. The van der Waals surface area contributed by atoms with E-state index in [0.717, 1.165) is 30.8 Å². The second kappa shape index (κ2) is 6.18. The Morgan fingerprint density at radius 1 is 1.40 bits per heavy atom. The summed E-state index contributed by atoms with van der Waals surface area (Å²) in [6.07, 6.45) is 5.22. The highest BCUT2D eigenvalue weighted by atomic mass is 16.4. The molecule has 0 radical (unpaired) electrons. The fourth-order valence-corrected chi connectivity index (χ4v) is 1.91. The smallest absolute Gasteiger partial charge is 0.335 e. The second-order valence-corrected chi connectivity index (χ2v) is 4.50. The van der Waals surface area contributed by atoms with E-state index in [2.05, 4.69) is 15.4 Å². The average molecular weight is 274 g/mol. The summed E-state index contributed by atoms with van der Waals surface area (Å²) in [7, 11) is 0. The summed E-state index contributed by atoms with van der Waals surface area (Å²) in [4.78, 5) is 15.6. The highest BCUT2D eigenvalue weighted by Gasteiger charge is 2.09. The molecule has 0 unspecified atom stereocenters. The molecule has 0 fully saturated rings. The predicted octanol–water partition coefficient (Wildman–Crippen LogP) is 2.69. The molecule has 0 aliphatic rings. The Balaban J connectivity index is 2.27. The fourth-order valence-electron chi connectivity index (χ4n) is 1.91. The van der Waals surface area contributed by atoms with Crippen LogP contribution in [-0.2, 0) is 13.0 Å². The van der Waals surface area contributed by atoms with Crippen LogP contribution in [0.4, 0.5) is 11.5 Å². The third kappa shape index (κ3) is 3.34. The third-order valence-electron chi connectivity index (χ3n) is 2.86. The Morgan fingerprint density at radius 3 is 2.80 bits per heavy atom. The van der Waals surface area contributed by atoms with Gasteiger partial charge in [-0.15, -0.1) is 0 Å². The maximum Gasteiger partial charge on any atom is 0.335 e. The number of carboxylic acids is 1. The molecule has 2 heterocycles. The number of anilines is 2. The normalized spacial score (nSPS) is 10.5. The van der Waals surface area contributed by atoms with E-state index in [1.165, 1.54) is 6.07 Å². The van der Waals surface area contributed by atoms with Crippen molar-refractivity contribution < 1.29 is 9.90 Å². The van der Waals surface area contributed by atoms with Crippen LogP contribution in [0.25, 0.3) is 0 Å². The van der Waals surface area contributed by atoms with Gasteiger partial charge < -0.3 is 10.4 Å². The molecule has 0 aliphatic heterocycles. The zero-order valence-electron chi connectivity index (χ0n) is 11.6. The lowest BCUT2D eigenvalue weighted by Crippen LogP contribution is -2.03. The Kier molecular flexibility index (Phi) is 4.34. The van der Waals surface area contributed by atoms with Crippen molar-refractivity contribution in [2.24, 2.45) is 0 Å². The molecule has 2 aromatic rings. The van der Waals surface area contributed by atoms with Crippen LogP contribution >= 0.6 is 0 Å². The number of hydrogen-bond acceptors (Lipinski definition) is 4. The van der Waals surface area contributed by atoms with Gasteiger partial charge in [0.15, 0.2) is 0 Å². The number of pyridine rings is 1. The fraction of sp³-hybridized carbons (Fsp3) is 0.357. The van der Waals surface area contributed by atoms with Crippen LogP contribution in [0.15, 0.2) is 24.5 Å². The van der Waals surface area contributed by atoms with E-state index >= 15 is 0 Å². The van der Waals surface area contributed by atoms with E-state index in [9.17, 15) is 4.79 Å². The predicted molar refractivity (Wildman–Crippen MR) is 76.4 cm³/mol. The molecule has 0 aliphatic carbocycles. The van der Waals surface area contributed by atoms with Crippen LogP contribution in [0.5, 0.6) is 0 Å². The van der Waals surface area contributed by atoms with Gasteiger partial charge in [-0.2, -0.15) is 5.10 Å². The zero-order valence-corrected chi connectivity index (χ0v) is 11.6. The van der Waals surface area contributed by atoms with E-state index in [4.69, 9.17) is 5.11 Å². The van der Waals surface area contributed by atoms with Crippen molar-refractivity contribution in [3.63, 3.8) is 0 Å². The third-order valence-corrected chi connectivity index (χ3v) is 2.86. The minimum atomic E-state index is -0.947. The molecule has 20 heavy (non-hydrogen) atoms. The number of nitrogens with one attached hydrogen (secondary N) is 1. The van der Waals surface area contributed by atoms with Crippen molar-refractivity contribution in [1.29, 1.82) is 0 Å². The van der Waals surface area contributed by atoms with Gasteiger partial charge in [0.25, 0.3) is 0 Å². The molecule has 2 aromatic heterocycles. The summed E-state index contributed by atoms with van der Waals surface area (Å²) in [6, 6.07) is 3.15. The van der Waals surface area contributed by atoms with Crippen LogP contribution in [0.1, 0.15) is 36.3 Å². The lowest BCUT2D eigenvalue weighted by molar-refractivity contribution is 0.0696. The van der Waals surface area contributed by atoms with E-state index in [0.29, 0.717) is 5.82 Å². The topological polar surface area (TPSA) is 80.0 Å². The highest BCUT2D eigenvalue weighted by Crippen LogP contribution is 2.17. The quantitative estimate of drug-likeness (QED) is 0.846. The number of carboxylic acid groups (broad SMARTS) is 1. The average Bonchev–Trinajstić information content (AvgIpc) is 2.86. The molecule has 2 N–H and O–H groups in total. The van der Waals surface area contributed by atoms with Crippen molar-refractivity contribution in [2.45, 2.75) is 33.2 Å². The van der Waals surface area contributed by atoms with Crippen molar-refractivity contribution in [3.05, 3.63) is 35.8 Å². The number of hydrogen-bond donors (Lipinski definition) is 2. The molecule has 0 saturated carbocycles. The SMILES string of the molecule is CCCc1cc(C(=O)O)cc(Nc2cnn(CC)c2)n1. The van der Waals surface area contributed by atoms with Gasteiger partial charge in [0.05, 0.1) is 17.4 Å². The Bertz CT molecular complexity index is 607. The van der Waals surface area contributed by atoms with Gasteiger partial charge in [0.2, 0.25) is 0 Å². The van der Waals surface area contributed by atoms with Gasteiger partial charge >= 0.3 is 5.97 Å². The van der Waals surface area contributed by atoms with Crippen LogP contribution < -0.4 is 5.32 Å². The summed E-state index contributed by atoms with van der Waals surface area (Å²) < 4.78 is 1.79. The summed E-state index contributed by atoms with van der Waals surface area (Å²) in [5, 5.41) is 16.4. The number of aryl methyl sites for hydroxylation is 2. The van der Waals surface area contributed by atoms with Crippen LogP contribution in [0.3, 0.4) is 0 Å². The summed E-state index contributed by atoms with van der Waals surface area (Å²) in [6.45, 7) is 4.82. The first-order valence-corrected chi connectivity index (χ1v) is 6.66. The number of carbonyl (C=O) groups is 1. The molecule has 0 saturated heterocycles. The van der Waals surface area contributed by atoms with E-state index in [1.807, 2.05) is 20.0 Å². The highest BCUT2D eigenvalue weighted by molar-refractivity contribution is 5.88. The van der Waals surface area contributed by atoms with Gasteiger partial charge in [-0.3, -0.25) is 4.68 Å². The Labute approximate surface area is 117 Å². The van der Waals surface area contributed by atoms with Gasteiger partial charge in [0.1, 0.15) is 5.82 Å². The Morgan fingerprint density at radius 2 is 2.20 bits per heavy atom. The monoisotopic (exact) mass is 274 g/mol. The molecule has 0 atom stereocenters. The molecule has 6 heteroatoms. The van der Waals surface area contributed by atoms with Crippen molar-refractivity contribution >= 4 is 17.5 Å². The minimum Gasteiger partial charge on any atom is -0.478 e. The van der Waals surface area contributed by atoms with Crippen molar-refractivity contribution in [2.75, 3.05) is 5.32 Å². The maximum absolute atomic E-state index is 11.1. The molecule has 2 rings (SSSR count). The van der Waals surface area contributed by atoms with E-state index < -0.39 is 5.97 Å². The van der Waals surface area contributed by atoms with Gasteiger partial charge in [0, 0.05) is 18.4 Å². The molecule has 0 amide bonds. The molecule has 106 valence electrons. The maximum atomic E-state index is 11.1. The van der Waals surface area contributed by atoms with Crippen molar-refractivity contribution in [1.82, 2.24) is 14.8 Å². The van der Waals surface area contributed by atoms with E-state index in [1.54, 1.807) is 16.9 Å². The van der Waals surface area contributed by atoms with Gasteiger partial charge in [-0.05, 0) is 25.5 Å². The molecular formula is C14H18N4O2.